The number of hydrogen-bond acceptors (Lipinski definition) is 2. The summed E-state index contributed by atoms with van der Waals surface area (Å²) in [6.07, 6.45) is 1.51. The molecule has 0 unspecified atom stereocenters. The summed E-state index contributed by atoms with van der Waals surface area (Å²) in [5.74, 6) is 0.250. The third-order valence-corrected chi connectivity index (χ3v) is 2.84. The highest BCUT2D eigenvalue weighted by atomic mass is 16.3. The Hall–Kier alpha value is -2.10. The van der Waals surface area contributed by atoms with Gasteiger partial charge in [0.25, 0.3) is 6.20 Å². The highest BCUT2D eigenvalue weighted by Crippen LogP contribution is 2.29. The number of aryl methyl sites for hydroxylation is 3. The average Bonchev–Trinajstić information content (AvgIpc) is 2.19. The van der Waals surface area contributed by atoms with E-state index in [2.05, 4.69) is 5.10 Å². The topological polar surface area (TPSA) is 59.0 Å². The van der Waals surface area contributed by atoms with Gasteiger partial charge in [-0.2, -0.15) is 0 Å². The lowest BCUT2D eigenvalue weighted by Gasteiger charge is -2.09. The largest absolute Gasteiger partial charge is 0.508 e. The molecule has 17 heavy (non-hydrogen) atoms. The zero-order valence-electron chi connectivity index (χ0n) is 10.1. The quantitative estimate of drug-likeness (QED) is 0.739. The van der Waals surface area contributed by atoms with E-state index in [0.717, 1.165) is 27.9 Å². The zero-order chi connectivity index (χ0) is 12.6. The third-order valence-electron chi connectivity index (χ3n) is 2.84. The molecule has 0 aliphatic rings. The standard InChI is InChI=1S/C13H14N2O2/c1-8-6-11(16)4-5-12(8)13-9(2)7-15(17)14-10(13)3/h4-7H,1-3H3,(H-,14,16,17)/p+1. The molecular formula is C13H15N2O2+. The molecule has 0 spiro atoms. The van der Waals surface area contributed by atoms with E-state index in [4.69, 9.17) is 0 Å². The third kappa shape index (κ3) is 2.06. The Morgan fingerprint density at radius 1 is 1.18 bits per heavy atom. The zero-order valence-corrected chi connectivity index (χ0v) is 10.1. The van der Waals surface area contributed by atoms with E-state index in [0.29, 0.717) is 4.54 Å². The van der Waals surface area contributed by atoms with Crippen molar-refractivity contribution < 1.29 is 9.65 Å². The number of aromatic amines is 1. The lowest BCUT2D eigenvalue weighted by Crippen LogP contribution is -2.21. The molecule has 88 valence electrons. The summed E-state index contributed by atoms with van der Waals surface area (Å²) in [7, 11) is 0. The van der Waals surface area contributed by atoms with Gasteiger partial charge in [-0.25, -0.2) is 0 Å². The van der Waals surface area contributed by atoms with Crippen molar-refractivity contribution >= 4 is 0 Å². The fourth-order valence-electron chi connectivity index (χ4n) is 2.13. The second kappa shape index (κ2) is 4.05. The summed E-state index contributed by atoms with van der Waals surface area (Å²) < 4.78 is 0.698. The van der Waals surface area contributed by atoms with Crippen molar-refractivity contribution in [3.8, 4) is 16.9 Å². The summed E-state index contributed by atoms with van der Waals surface area (Å²) in [5.41, 5.74) is 4.73. The van der Waals surface area contributed by atoms with Crippen molar-refractivity contribution in [1.29, 1.82) is 0 Å². The molecule has 2 rings (SSSR count). The molecule has 0 saturated carbocycles. The van der Waals surface area contributed by atoms with Gasteiger partial charge in [0.1, 0.15) is 5.75 Å². The van der Waals surface area contributed by atoms with Crippen molar-refractivity contribution in [3.63, 3.8) is 0 Å². The van der Waals surface area contributed by atoms with Gasteiger partial charge in [0.05, 0.1) is 10.6 Å². The first-order chi connectivity index (χ1) is 7.99. The van der Waals surface area contributed by atoms with Crippen LogP contribution in [0.15, 0.2) is 24.4 Å². The molecule has 0 bridgehead atoms. The normalized spacial score (nSPS) is 10.5. The maximum absolute atomic E-state index is 11.3. The molecular weight excluding hydrogens is 216 g/mol. The van der Waals surface area contributed by atoms with Crippen LogP contribution in [0.25, 0.3) is 11.1 Å². The Morgan fingerprint density at radius 2 is 1.88 bits per heavy atom. The van der Waals surface area contributed by atoms with Crippen LogP contribution < -0.4 is 4.54 Å². The van der Waals surface area contributed by atoms with Crippen LogP contribution >= 0.6 is 0 Å². The maximum atomic E-state index is 11.3. The number of benzene rings is 1. The van der Waals surface area contributed by atoms with Crippen LogP contribution in [0.3, 0.4) is 0 Å². The van der Waals surface area contributed by atoms with E-state index < -0.39 is 0 Å². The van der Waals surface area contributed by atoms with Gasteiger partial charge in [0, 0.05) is 11.1 Å². The van der Waals surface area contributed by atoms with Crippen LogP contribution in [0.1, 0.15) is 16.8 Å². The summed E-state index contributed by atoms with van der Waals surface area (Å²) in [6.45, 7) is 5.70. The Balaban J connectivity index is 2.73. The van der Waals surface area contributed by atoms with E-state index >= 15 is 0 Å². The van der Waals surface area contributed by atoms with Gasteiger partial charge in [-0.05, 0) is 44.0 Å². The summed E-state index contributed by atoms with van der Waals surface area (Å²) >= 11 is 0. The highest BCUT2D eigenvalue weighted by Gasteiger charge is 2.13. The average molecular weight is 231 g/mol. The monoisotopic (exact) mass is 231 g/mol. The molecule has 0 radical (unpaired) electrons. The van der Waals surface area contributed by atoms with Crippen LogP contribution in [0, 0.1) is 25.7 Å². The predicted octanol–water partition coefficient (Wildman–Crippen LogP) is 2.23. The molecule has 4 heteroatoms. The molecule has 2 N–H and O–H groups in total. The molecule has 1 heterocycles. The van der Waals surface area contributed by atoms with Crippen LogP contribution in [0.2, 0.25) is 0 Å². The second-order valence-corrected chi connectivity index (χ2v) is 4.25. The van der Waals surface area contributed by atoms with Crippen LogP contribution in [0.5, 0.6) is 5.75 Å². The molecule has 0 atom stereocenters. The lowest BCUT2D eigenvalue weighted by atomic mass is 9.96. The first-order valence-corrected chi connectivity index (χ1v) is 5.41. The number of nitrogens with zero attached hydrogens (tertiary/aromatic N) is 1. The Morgan fingerprint density at radius 3 is 2.47 bits per heavy atom. The smallest absolute Gasteiger partial charge is 0.260 e. The number of hydrogen-bond donors (Lipinski definition) is 2. The second-order valence-electron chi connectivity index (χ2n) is 4.25. The van der Waals surface area contributed by atoms with Gasteiger partial charge in [0.2, 0.25) is 0 Å². The number of phenolic OH excluding ortho intramolecular Hbond substituents is 1. The molecule has 0 aliphatic carbocycles. The Kier molecular flexibility index (Phi) is 2.71. The van der Waals surface area contributed by atoms with Crippen molar-refractivity contribution in [1.82, 2.24) is 5.10 Å². The molecule has 0 aliphatic heterocycles. The minimum absolute atomic E-state index is 0.250. The van der Waals surface area contributed by atoms with E-state index in [1.165, 1.54) is 6.20 Å². The number of nitrogens with one attached hydrogen (secondary N) is 1. The number of rotatable bonds is 1. The molecule has 1 aromatic carbocycles. The first-order valence-electron chi connectivity index (χ1n) is 5.41. The minimum atomic E-state index is 0.250. The molecule has 0 saturated heterocycles. The van der Waals surface area contributed by atoms with E-state index in [1.54, 1.807) is 12.1 Å². The number of aromatic hydroxyl groups is 1. The number of H-pyrrole nitrogens is 1. The van der Waals surface area contributed by atoms with Crippen molar-refractivity contribution in [2.45, 2.75) is 20.8 Å². The number of aromatic nitrogens is 2. The van der Waals surface area contributed by atoms with Gasteiger partial charge >= 0.3 is 0 Å². The Labute approximate surface area is 99.1 Å². The molecule has 0 amide bonds. The van der Waals surface area contributed by atoms with E-state index in [9.17, 15) is 10.0 Å². The van der Waals surface area contributed by atoms with Gasteiger partial charge in [-0.1, -0.05) is 6.07 Å². The van der Waals surface area contributed by atoms with E-state index in [-0.39, 0.29) is 5.75 Å². The van der Waals surface area contributed by atoms with Crippen molar-refractivity contribution in [2.75, 3.05) is 0 Å². The number of phenols is 1. The molecule has 4 nitrogen and oxygen atoms in total. The maximum Gasteiger partial charge on any atom is 0.260 e. The van der Waals surface area contributed by atoms with Gasteiger partial charge in [0.15, 0.2) is 4.54 Å². The summed E-state index contributed by atoms with van der Waals surface area (Å²) in [6, 6.07) is 5.23. The van der Waals surface area contributed by atoms with Crippen LogP contribution in [-0.4, -0.2) is 10.2 Å². The fourth-order valence-corrected chi connectivity index (χ4v) is 2.13. The first kappa shape index (κ1) is 11.4. The molecule has 1 aromatic heterocycles. The van der Waals surface area contributed by atoms with Gasteiger partial charge in [-0.3, -0.25) is 0 Å². The summed E-state index contributed by atoms with van der Waals surface area (Å²) in [4.78, 5) is 11.3. The van der Waals surface area contributed by atoms with Crippen LogP contribution in [0.4, 0.5) is 0 Å². The summed E-state index contributed by atoms with van der Waals surface area (Å²) in [5, 5.41) is 12.1. The molecule has 0 fully saturated rings. The van der Waals surface area contributed by atoms with Gasteiger partial charge < -0.3 is 5.11 Å². The van der Waals surface area contributed by atoms with Gasteiger partial charge in [-0.15, -0.1) is 5.10 Å². The van der Waals surface area contributed by atoms with Crippen molar-refractivity contribution in [3.05, 3.63) is 46.1 Å². The lowest BCUT2D eigenvalue weighted by molar-refractivity contribution is -0.565. The molecule has 2 aromatic rings. The fraction of sp³-hybridized carbons (Fsp3) is 0.231. The van der Waals surface area contributed by atoms with E-state index in [1.807, 2.05) is 26.8 Å². The predicted molar refractivity (Wildman–Crippen MR) is 65.5 cm³/mol. The van der Waals surface area contributed by atoms with Crippen molar-refractivity contribution in [2.24, 2.45) is 0 Å². The SMILES string of the molecule is Cc1cc(O)ccc1-c1c(C)c[n+](=O)[nH]c1C. The Bertz CT molecular complexity index is 604. The minimum Gasteiger partial charge on any atom is -0.508 e. The van der Waals surface area contributed by atoms with Crippen LogP contribution in [-0.2, 0) is 0 Å². The highest BCUT2D eigenvalue weighted by molar-refractivity contribution is 5.72.